The molecule has 0 saturated carbocycles. The van der Waals surface area contributed by atoms with Gasteiger partial charge >= 0.3 is 0 Å². The number of rotatable bonds is 3. The first kappa shape index (κ1) is 14.0. The van der Waals surface area contributed by atoms with Crippen LogP contribution in [0.4, 0.5) is 4.39 Å². The molecule has 1 aromatic heterocycles. The third-order valence-electron chi connectivity index (χ3n) is 3.30. The molecule has 3 rings (SSSR count). The van der Waals surface area contributed by atoms with Crippen molar-refractivity contribution in [2.24, 2.45) is 0 Å². The van der Waals surface area contributed by atoms with Crippen LogP contribution in [0.3, 0.4) is 0 Å². The van der Waals surface area contributed by atoms with Crippen LogP contribution in [0.25, 0.3) is 11.4 Å². The molecule has 0 amide bonds. The van der Waals surface area contributed by atoms with Crippen LogP contribution in [-0.2, 0) is 6.54 Å². The van der Waals surface area contributed by atoms with Gasteiger partial charge in [0.05, 0.1) is 0 Å². The van der Waals surface area contributed by atoms with Crippen molar-refractivity contribution in [1.82, 2.24) is 9.55 Å². The Hall–Kier alpha value is -1.94. The number of benzene rings is 2. The van der Waals surface area contributed by atoms with Crippen molar-refractivity contribution in [1.29, 1.82) is 0 Å². The van der Waals surface area contributed by atoms with Crippen LogP contribution in [0, 0.1) is 12.7 Å². The van der Waals surface area contributed by atoms with Gasteiger partial charge in [-0.2, -0.15) is 0 Å². The van der Waals surface area contributed by atoms with Gasteiger partial charge in [0.2, 0.25) is 0 Å². The fourth-order valence-electron chi connectivity index (χ4n) is 2.30. The van der Waals surface area contributed by atoms with Gasteiger partial charge in [-0.1, -0.05) is 45.8 Å². The molecule has 0 aliphatic carbocycles. The van der Waals surface area contributed by atoms with E-state index in [0.717, 1.165) is 21.4 Å². The zero-order chi connectivity index (χ0) is 14.8. The van der Waals surface area contributed by atoms with E-state index in [1.807, 2.05) is 16.8 Å². The Morgan fingerprint density at radius 1 is 1.14 bits per heavy atom. The number of hydrogen-bond donors (Lipinski definition) is 0. The predicted octanol–water partition coefficient (Wildman–Crippen LogP) is 4.81. The number of nitrogens with zero attached hydrogens (tertiary/aromatic N) is 2. The molecule has 0 radical (unpaired) electrons. The standard InChI is InChI=1S/C17H14BrFN2/c1-12-2-4-14(5-3-12)17-20-6-7-21(17)11-13-8-15(18)10-16(19)9-13/h2-10H,11H2,1H3. The largest absolute Gasteiger partial charge is 0.327 e. The molecule has 0 atom stereocenters. The first-order valence-electron chi connectivity index (χ1n) is 6.65. The highest BCUT2D eigenvalue weighted by molar-refractivity contribution is 9.10. The van der Waals surface area contributed by atoms with Crippen LogP contribution in [0.15, 0.2) is 59.3 Å². The molecule has 0 N–H and O–H groups in total. The van der Waals surface area contributed by atoms with Crippen molar-refractivity contribution in [2.75, 3.05) is 0 Å². The smallest absolute Gasteiger partial charge is 0.140 e. The van der Waals surface area contributed by atoms with Crippen molar-refractivity contribution in [3.8, 4) is 11.4 Å². The summed E-state index contributed by atoms with van der Waals surface area (Å²) in [6.45, 7) is 2.64. The molecule has 3 aromatic rings. The van der Waals surface area contributed by atoms with Crippen molar-refractivity contribution in [2.45, 2.75) is 13.5 Å². The van der Waals surface area contributed by atoms with Crippen molar-refractivity contribution < 1.29 is 4.39 Å². The maximum absolute atomic E-state index is 13.5. The number of imidazole rings is 1. The Balaban J connectivity index is 1.94. The van der Waals surface area contributed by atoms with Crippen LogP contribution < -0.4 is 0 Å². The molecule has 21 heavy (non-hydrogen) atoms. The molecule has 0 unspecified atom stereocenters. The Labute approximate surface area is 131 Å². The van der Waals surface area contributed by atoms with E-state index in [2.05, 4.69) is 52.1 Å². The van der Waals surface area contributed by atoms with Gasteiger partial charge < -0.3 is 4.57 Å². The average Bonchev–Trinajstić information content (AvgIpc) is 2.86. The Morgan fingerprint density at radius 3 is 2.62 bits per heavy atom. The molecule has 0 aliphatic rings. The Morgan fingerprint density at radius 2 is 1.90 bits per heavy atom. The van der Waals surface area contributed by atoms with Gasteiger partial charge in [0.1, 0.15) is 11.6 Å². The van der Waals surface area contributed by atoms with Crippen LogP contribution in [-0.4, -0.2) is 9.55 Å². The van der Waals surface area contributed by atoms with E-state index >= 15 is 0 Å². The number of aromatic nitrogens is 2. The molecule has 0 bridgehead atoms. The minimum Gasteiger partial charge on any atom is -0.327 e. The summed E-state index contributed by atoms with van der Waals surface area (Å²) in [5, 5.41) is 0. The van der Waals surface area contributed by atoms with Gasteiger partial charge in [-0.15, -0.1) is 0 Å². The fraction of sp³-hybridized carbons (Fsp3) is 0.118. The normalized spacial score (nSPS) is 10.8. The summed E-state index contributed by atoms with van der Waals surface area (Å²) < 4.78 is 16.2. The van der Waals surface area contributed by atoms with Crippen LogP contribution >= 0.6 is 15.9 Å². The first-order valence-corrected chi connectivity index (χ1v) is 7.44. The van der Waals surface area contributed by atoms with Crippen molar-refractivity contribution in [3.63, 3.8) is 0 Å². The Bertz CT molecular complexity index is 742. The van der Waals surface area contributed by atoms with Gasteiger partial charge in [-0.25, -0.2) is 9.37 Å². The van der Waals surface area contributed by atoms with E-state index in [0.29, 0.717) is 6.54 Å². The third kappa shape index (κ3) is 3.22. The summed E-state index contributed by atoms with van der Waals surface area (Å²) in [6.07, 6.45) is 3.68. The zero-order valence-corrected chi connectivity index (χ0v) is 13.1. The van der Waals surface area contributed by atoms with E-state index in [9.17, 15) is 4.39 Å². The molecule has 0 fully saturated rings. The topological polar surface area (TPSA) is 17.8 Å². The summed E-state index contributed by atoms with van der Waals surface area (Å²) in [4.78, 5) is 4.41. The predicted molar refractivity (Wildman–Crippen MR) is 85.6 cm³/mol. The zero-order valence-electron chi connectivity index (χ0n) is 11.6. The average molecular weight is 345 g/mol. The van der Waals surface area contributed by atoms with Crippen molar-refractivity contribution >= 4 is 15.9 Å². The van der Waals surface area contributed by atoms with Gasteiger partial charge in [0.25, 0.3) is 0 Å². The SMILES string of the molecule is Cc1ccc(-c2nccn2Cc2cc(F)cc(Br)c2)cc1. The second kappa shape index (κ2) is 5.82. The molecule has 2 nitrogen and oxygen atoms in total. The molecule has 0 aliphatic heterocycles. The molecule has 1 heterocycles. The molecular formula is C17H14BrFN2. The van der Waals surface area contributed by atoms with Gasteiger partial charge in [-0.05, 0) is 30.7 Å². The minimum absolute atomic E-state index is 0.239. The second-order valence-corrected chi connectivity index (χ2v) is 5.94. The van der Waals surface area contributed by atoms with Crippen LogP contribution in [0.5, 0.6) is 0 Å². The molecular weight excluding hydrogens is 331 g/mol. The third-order valence-corrected chi connectivity index (χ3v) is 3.76. The molecule has 106 valence electrons. The van der Waals surface area contributed by atoms with Gasteiger partial charge in [-0.3, -0.25) is 0 Å². The molecule has 0 spiro atoms. The lowest BCUT2D eigenvalue weighted by molar-refractivity contribution is 0.622. The van der Waals surface area contributed by atoms with Crippen LogP contribution in [0.1, 0.15) is 11.1 Å². The highest BCUT2D eigenvalue weighted by Crippen LogP contribution is 2.21. The quantitative estimate of drug-likeness (QED) is 0.666. The lowest BCUT2D eigenvalue weighted by atomic mass is 10.1. The fourth-order valence-corrected chi connectivity index (χ4v) is 2.81. The van der Waals surface area contributed by atoms with E-state index in [-0.39, 0.29) is 5.82 Å². The highest BCUT2D eigenvalue weighted by Gasteiger charge is 2.07. The van der Waals surface area contributed by atoms with Gasteiger partial charge in [0, 0.05) is 29.0 Å². The van der Waals surface area contributed by atoms with E-state index < -0.39 is 0 Å². The Kier molecular flexibility index (Phi) is 3.88. The molecule has 2 aromatic carbocycles. The van der Waals surface area contributed by atoms with E-state index in [1.165, 1.54) is 11.6 Å². The van der Waals surface area contributed by atoms with Crippen LogP contribution in [0.2, 0.25) is 0 Å². The summed E-state index contributed by atoms with van der Waals surface area (Å²) in [6, 6.07) is 13.1. The lowest BCUT2D eigenvalue weighted by Crippen LogP contribution is -2.01. The maximum Gasteiger partial charge on any atom is 0.140 e. The summed E-state index contributed by atoms with van der Waals surface area (Å²) >= 11 is 3.32. The minimum atomic E-state index is -0.239. The monoisotopic (exact) mass is 344 g/mol. The number of hydrogen-bond acceptors (Lipinski definition) is 1. The lowest BCUT2D eigenvalue weighted by Gasteiger charge is -2.09. The maximum atomic E-state index is 13.5. The number of aryl methyl sites for hydroxylation is 1. The number of halogens is 2. The first-order chi connectivity index (χ1) is 10.1. The summed E-state index contributed by atoms with van der Waals surface area (Å²) in [5.74, 6) is 0.645. The second-order valence-electron chi connectivity index (χ2n) is 5.02. The summed E-state index contributed by atoms with van der Waals surface area (Å²) in [5.41, 5.74) is 3.17. The molecule has 4 heteroatoms. The summed E-state index contributed by atoms with van der Waals surface area (Å²) in [7, 11) is 0. The van der Waals surface area contributed by atoms with Gasteiger partial charge in [0.15, 0.2) is 0 Å². The molecule has 0 saturated heterocycles. The van der Waals surface area contributed by atoms with E-state index in [4.69, 9.17) is 0 Å². The van der Waals surface area contributed by atoms with E-state index in [1.54, 1.807) is 12.3 Å². The highest BCUT2D eigenvalue weighted by atomic mass is 79.9. The van der Waals surface area contributed by atoms with Crippen molar-refractivity contribution in [3.05, 3.63) is 76.3 Å².